The summed E-state index contributed by atoms with van der Waals surface area (Å²) >= 11 is 0. The molecule has 0 aromatic heterocycles. The molecule has 1 aromatic rings. The van der Waals surface area contributed by atoms with Crippen molar-refractivity contribution >= 4 is 12.4 Å². The third kappa shape index (κ3) is 2.53. The van der Waals surface area contributed by atoms with Crippen LogP contribution in [0.2, 0.25) is 0 Å². The summed E-state index contributed by atoms with van der Waals surface area (Å²) in [4.78, 5) is 9.07. The van der Waals surface area contributed by atoms with E-state index in [4.69, 9.17) is 0 Å². The number of hydrogen-bond donors (Lipinski definition) is 0. The quantitative estimate of drug-likeness (QED) is 0.433. The number of fused-ring (bicyclic) bond motifs is 1. The van der Waals surface area contributed by atoms with Crippen LogP contribution in [0.1, 0.15) is 5.56 Å². The van der Waals surface area contributed by atoms with Gasteiger partial charge in [0.15, 0.2) is 5.75 Å². The third-order valence-electron chi connectivity index (χ3n) is 1.83. The first kappa shape index (κ1) is 12.5. The molecule has 0 bridgehead atoms. The van der Waals surface area contributed by atoms with Crippen LogP contribution in [0.4, 0.5) is 12.9 Å². The molecule has 14 heavy (non-hydrogen) atoms. The van der Waals surface area contributed by atoms with Crippen molar-refractivity contribution in [2.24, 2.45) is 0 Å². The van der Waals surface area contributed by atoms with E-state index in [9.17, 15) is 12.9 Å². The van der Waals surface area contributed by atoms with Crippen LogP contribution in [0.5, 0.6) is 5.75 Å². The van der Waals surface area contributed by atoms with E-state index in [2.05, 4.69) is 9.78 Å². The first-order valence-corrected chi connectivity index (χ1v) is 3.69. The van der Waals surface area contributed by atoms with Gasteiger partial charge in [0.05, 0.1) is 0 Å². The minimum Gasteiger partial charge on any atom is -0.445 e. The van der Waals surface area contributed by atoms with Crippen LogP contribution in [-0.2, 0) is 11.5 Å². The van der Waals surface area contributed by atoms with E-state index < -0.39 is 12.4 Å². The average Bonchev–Trinajstić information content (AvgIpc) is 2.47. The van der Waals surface area contributed by atoms with Gasteiger partial charge >= 0.3 is 58.4 Å². The molecular formula is C7H5BF3KO2. The zero-order chi connectivity index (χ0) is 9.47. The van der Waals surface area contributed by atoms with E-state index in [-0.39, 0.29) is 63.7 Å². The minimum absolute atomic E-state index is 0. The molecule has 0 fully saturated rings. The van der Waals surface area contributed by atoms with Crippen LogP contribution < -0.4 is 61.7 Å². The second-order valence-electron chi connectivity index (χ2n) is 2.79. The molecule has 0 saturated heterocycles. The zero-order valence-electron chi connectivity index (χ0n) is 7.47. The molecule has 1 heterocycles. The van der Waals surface area contributed by atoms with Gasteiger partial charge in [0, 0.05) is 5.56 Å². The molecule has 2 nitrogen and oxygen atoms in total. The fourth-order valence-electron chi connectivity index (χ4n) is 1.13. The summed E-state index contributed by atoms with van der Waals surface area (Å²) in [6.45, 7) is -4.74. The van der Waals surface area contributed by atoms with Crippen LogP contribution in [0, 0.1) is 0 Å². The summed E-state index contributed by atoms with van der Waals surface area (Å²) in [7, 11) is 0. The fourth-order valence-corrected chi connectivity index (χ4v) is 1.13. The Morgan fingerprint density at radius 1 is 1.21 bits per heavy atom. The normalized spacial score (nSPS) is 14.2. The fraction of sp³-hybridized carbons (Fsp3) is 0.143. The monoisotopic (exact) mass is 228 g/mol. The van der Waals surface area contributed by atoms with E-state index in [1.54, 1.807) is 0 Å². The molecule has 70 valence electrons. The van der Waals surface area contributed by atoms with E-state index >= 15 is 0 Å². The first-order chi connectivity index (χ1) is 6.07. The topological polar surface area (TPSA) is 18.5 Å². The molecular weight excluding hydrogens is 223 g/mol. The van der Waals surface area contributed by atoms with Gasteiger partial charge in [-0.05, 0) is 6.07 Å². The van der Waals surface area contributed by atoms with E-state index in [0.717, 1.165) is 12.1 Å². The van der Waals surface area contributed by atoms with Gasteiger partial charge in [-0.2, -0.15) is 4.89 Å². The number of benzene rings is 1. The van der Waals surface area contributed by atoms with Gasteiger partial charge in [-0.25, -0.2) is 0 Å². The van der Waals surface area contributed by atoms with E-state index in [1.807, 2.05) is 0 Å². The van der Waals surface area contributed by atoms with Gasteiger partial charge in [-0.3, -0.25) is 0 Å². The van der Waals surface area contributed by atoms with Crippen molar-refractivity contribution in [3.63, 3.8) is 0 Å². The van der Waals surface area contributed by atoms with Gasteiger partial charge < -0.3 is 17.8 Å². The van der Waals surface area contributed by atoms with E-state index in [0.29, 0.717) is 5.56 Å². The second-order valence-corrected chi connectivity index (χ2v) is 2.79. The average molecular weight is 228 g/mol. The summed E-state index contributed by atoms with van der Waals surface area (Å²) in [6, 6.07) is 3.37. The van der Waals surface area contributed by atoms with Gasteiger partial charge in [-0.1, -0.05) is 12.1 Å². The Hall–Kier alpha value is 0.471. The van der Waals surface area contributed by atoms with Crippen molar-refractivity contribution < 1.29 is 74.1 Å². The van der Waals surface area contributed by atoms with Crippen molar-refractivity contribution in [1.82, 2.24) is 0 Å². The summed E-state index contributed by atoms with van der Waals surface area (Å²) in [5, 5.41) is 0. The maximum atomic E-state index is 12.2. The predicted octanol–water partition coefficient (Wildman–Crippen LogP) is -1.43. The minimum atomic E-state index is -4.95. The van der Waals surface area contributed by atoms with E-state index in [1.165, 1.54) is 6.07 Å². The Labute approximate surface area is 121 Å². The Morgan fingerprint density at radius 2 is 1.93 bits per heavy atom. The largest absolute Gasteiger partial charge is 1.00 e. The Morgan fingerprint density at radius 3 is 2.57 bits per heavy atom. The van der Waals surface area contributed by atoms with Gasteiger partial charge in [0.2, 0.25) is 0 Å². The number of hydrogen-bond acceptors (Lipinski definition) is 2. The van der Waals surface area contributed by atoms with Crippen LogP contribution in [0.25, 0.3) is 0 Å². The molecule has 7 heteroatoms. The molecule has 2 rings (SSSR count). The van der Waals surface area contributed by atoms with Crippen LogP contribution >= 0.6 is 0 Å². The molecule has 0 amide bonds. The summed E-state index contributed by atoms with van der Waals surface area (Å²) in [5.41, 5.74) is -0.0203. The predicted molar refractivity (Wildman–Crippen MR) is 40.6 cm³/mol. The van der Waals surface area contributed by atoms with Crippen molar-refractivity contribution in [3.8, 4) is 5.75 Å². The van der Waals surface area contributed by atoms with Gasteiger partial charge in [0.1, 0.15) is 6.61 Å². The molecule has 0 radical (unpaired) electrons. The molecule has 1 aromatic carbocycles. The van der Waals surface area contributed by atoms with Crippen molar-refractivity contribution in [1.29, 1.82) is 0 Å². The number of rotatable bonds is 1. The molecule has 0 atom stereocenters. The molecule has 0 spiro atoms. The van der Waals surface area contributed by atoms with Crippen molar-refractivity contribution in [2.75, 3.05) is 0 Å². The molecule has 0 N–H and O–H groups in total. The smallest absolute Gasteiger partial charge is 0.445 e. The van der Waals surface area contributed by atoms with Crippen LogP contribution in [-0.4, -0.2) is 6.98 Å². The van der Waals surface area contributed by atoms with Crippen LogP contribution in [0.15, 0.2) is 18.2 Å². The molecule has 0 saturated carbocycles. The summed E-state index contributed by atoms with van der Waals surface area (Å²) in [6.07, 6.45) is 0. The van der Waals surface area contributed by atoms with Gasteiger partial charge in [0.25, 0.3) is 0 Å². The third-order valence-corrected chi connectivity index (χ3v) is 1.83. The zero-order valence-corrected chi connectivity index (χ0v) is 10.6. The molecule has 0 aliphatic carbocycles. The Balaban J connectivity index is 0.000000980. The molecule has 1 aliphatic rings. The van der Waals surface area contributed by atoms with Crippen LogP contribution in [0.3, 0.4) is 0 Å². The standard InChI is InChI=1S/C7H5BF3O2.K/c9-8(10,11)6-2-1-5-4-12-13-7(5)3-6;/h1-3H,4H2;/q-1;+1. The summed E-state index contributed by atoms with van der Waals surface area (Å²) in [5.74, 6) is 0.164. The van der Waals surface area contributed by atoms with Crippen molar-refractivity contribution in [3.05, 3.63) is 23.8 Å². The maximum Gasteiger partial charge on any atom is 1.00 e. The Kier molecular flexibility index (Phi) is 4.07. The SMILES string of the molecule is F[B-](F)(F)c1ccc2c(c1)OOC2.[K+]. The maximum absolute atomic E-state index is 12.2. The Bertz CT molecular complexity index is 342. The summed E-state index contributed by atoms with van der Waals surface area (Å²) < 4.78 is 36.7. The van der Waals surface area contributed by atoms with Gasteiger partial charge in [-0.15, -0.1) is 5.46 Å². The van der Waals surface area contributed by atoms with Crippen molar-refractivity contribution in [2.45, 2.75) is 6.61 Å². The number of halogens is 3. The molecule has 1 aliphatic heterocycles. The second kappa shape index (κ2) is 4.54. The molecule has 0 unspecified atom stereocenters. The first-order valence-electron chi connectivity index (χ1n) is 3.69.